The van der Waals surface area contributed by atoms with Crippen molar-refractivity contribution in [2.75, 3.05) is 19.5 Å². The normalized spacial score (nSPS) is 10.9. The molecule has 29 heavy (non-hydrogen) atoms. The van der Waals surface area contributed by atoms with Gasteiger partial charge >= 0.3 is 0 Å². The number of methoxy groups -OCH3 is 2. The number of rotatable bonds is 6. The molecular weight excluding hydrogens is 366 g/mol. The summed E-state index contributed by atoms with van der Waals surface area (Å²) in [5, 5.41) is 8.30. The number of anilines is 1. The first-order valence-electron chi connectivity index (χ1n) is 9.33. The Labute approximate surface area is 169 Å². The topological polar surface area (TPSA) is 73.6 Å². The second-order valence-electron chi connectivity index (χ2n) is 6.78. The summed E-state index contributed by atoms with van der Waals surface area (Å²) in [4.78, 5) is 8.87. The molecule has 0 aliphatic carbocycles. The lowest BCUT2D eigenvalue weighted by Crippen LogP contribution is -2.07. The fraction of sp³-hybridized carbons (Fsp3) is 0.227. The SMILES string of the molecule is COc1ccc(-c2nn3c(NCc4cccnc4)cc(C)nc3c2C)cc1OC. The summed E-state index contributed by atoms with van der Waals surface area (Å²) in [5.41, 5.74) is 5.65. The Balaban J connectivity index is 1.77. The Morgan fingerprint density at radius 1 is 1.03 bits per heavy atom. The van der Waals surface area contributed by atoms with Crippen LogP contribution in [-0.4, -0.2) is 33.8 Å². The maximum absolute atomic E-state index is 5.45. The van der Waals surface area contributed by atoms with E-state index in [1.165, 1.54) is 0 Å². The van der Waals surface area contributed by atoms with E-state index >= 15 is 0 Å². The molecule has 0 fully saturated rings. The average Bonchev–Trinajstić information content (AvgIpc) is 3.08. The van der Waals surface area contributed by atoms with Crippen molar-refractivity contribution in [1.82, 2.24) is 19.6 Å². The number of hydrogen-bond acceptors (Lipinski definition) is 6. The van der Waals surface area contributed by atoms with Crippen LogP contribution in [0.3, 0.4) is 0 Å². The summed E-state index contributed by atoms with van der Waals surface area (Å²) in [6, 6.07) is 11.8. The predicted octanol–water partition coefficient (Wildman–Crippen LogP) is 4.04. The second-order valence-corrected chi connectivity index (χ2v) is 6.78. The van der Waals surface area contributed by atoms with E-state index in [4.69, 9.17) is 19.6 Å². The zero-order chi connectivity index (χ0) is 20.4. The maximum atomic E-state index is 5.45. The molecule has 3 aromatic heterocycles. The fourth-order valence-electron chi connectivity index (χ4n) is 3.32. The predicted molar refractivity (Wildman–Crippen MR) is 113 cm³/mol. The molecule has 3 heterocycles. The minimum absolute atomic E-state index is 0.650. The number of aryl methyl sites for hydroxylation is 2. The van der Waals surface area contributed by atoms with E-state index in [0.717, 1.165) is 39.5 Å². The second kappa shape index (κ2) is 7.79. The standard InChI is InChI=1S/C22H23N5O2/c1-14-10-20(24-13-16-6-5-9-23-12-16)27-22(25-14)15(2)21(26-27)17-7-8-18(28-3)19(11-17)29-4/h5-12,24H,13H2,1-4H3. The Kier molecular flexibility index (Phi) is 5.03. The van der Waals surface area contributed by atoms with Gasteiger partial charge in [-0.2, -0.15) is 9.61 Å². The summed E-state index contributed by atoms with van der Waals surface area (Å²) in [6.45, 7) is 4.67. The van der Waals surface area contributed by atoms with Gasteiger partial charge in [-0.3, -0.25) is 4.98 Å². The van der Waals surface area contributed by atoms with Crippen LogP contribution in [0.5, 0.6) is 11.5 Å². The van der Waals surface area contributed by atoms with Crippen LogP contribution in [0.15, 0.2) is 48.8 Å². The zero-order valence-electron chi connectivity index (χ0n) is 16.9. The highest BCUT2D eigenvalue weighted by Gasteiger charge is 2.17. The number of nitrogens with zero attached hydrogens (tertiary/aromatic N) is 4. The molecule has 1 aromatic carbocycles. The van der Waals surface area contributed by atoms with Gasteiger partial charge in [0.05, 0.1) is 19.9 Å². The van der Waals surface area contributed by atoms with E-state index in [-0.39, 0.29) is 0 Å². The minimum Gasteiger partial charge on any atom is -0.493 e. The van der Waals surface area contributed by atoms with Gasteiger partial charge in [0.2, 0.25) is 0 Å². The molecule has 0 radical (unpaired) electrons. The molecule has 0 bridgehead atoms. The monoisotopic (exact) mass is 389 g/mol. The number of pyridine rings is 1. The molecule has 148 valence electrons. The third kappa shape index (κ3) is 3.59. The first-order valence-corrected chi connectivity index (χ1v) is 9.33. The summed E-state index contributed by atoms with van der Waals surface area (Å²) < 4.78 is 12.6. The quantitative estimate of drug-likeness (QED) is 0.537. The highest BCUT2D eigenvalue weighted by Crippen LogP contribution is 2.34. The van der Waals surface area contributed by atoms with Crippen LogP contribution in [0.25, 0.3) is 16.9 Å². The number of aromatic nitrogens is 4. The lowest BCUT2D eigenvalue weighted by Gasteiger charge is -2.09. The number of nitrogens with one attached hydrogen (secondary N) is 1. The van der Waals surface area contributed by atoms with Gasteiger partial charge in [-0.05, 0) is 43.7 Å². The number of hydrogen-bond donors (Lipinski definition) is 1. The smallest absolute Gasteiger partial charge is 0.161 e. The highest BCUT2D eigenvalue weighted by atomic mass is 16.5. The van der Waals surface area contributed by atoms with E-state index in [0.29, 0.717) is 18.0 Å². The third-order valence-corrected chi connectivity index (χ3v) is 4.80. The summed E-state index contributed by atoms with van der Waals surface area (Å²) in [5.74, 6) is 2.23. The van der Waals surface area contributed by atoms with Gasteiger partial charge in [-0.1, -0.05) is 6.07 Å². The molecule has 7 heteroatoms. The third-order valence-electron chi connectivity index (χ3n) is 4.80. The molecule has 0 atom stereocenters. The lowest BCUT2D eigenvalue weighted by atomic mass is 10.1. The Morgan fingerprint density at radius 3 is 2.59 bits per heavy atom. The number of fused-ring (bicyclic) bond motifs is 1. The molecule has 0 saturated heterocycles. The van der Waals surface area contributed by atoms with Gasteiger partial charge in [-0.25, -0.2) is 4.98 Å². The van der Waals surface area contributed by atoms with Crippen molar-refractivity contribution in [1.29, 1.82) is 0 Å². The molecule has 0 aliphatic heterocycles. The molecule has 4 aromatic rings. The number of benzene rings is 1. The van der Waals surface area contributed by atoms with Crippen molar-refractivity contribution in [3.05, 3.63) is 65.6 Å². The van der Waals surface area contributed by atoms with Crippen molar-refractivity contribution in [3.63, 3.8) is 0 Å². The maximum Gasteiger partial charge on any atom is 0.161 e. The molecule has 4 rings (SSSR count). The van der Waals surface area contributed by atoms with E-state index in [1.54, 1.807) is 20.4 Å². The summed E-state index contributed by atoms with van der Waals surface area (Å²) in [7, 11) is 3.25. The van der Waals surface area contributed by atoms with Gasteiger partial charge in [0, 0.05) is 41.8 Å². The van der Waals surface area contributed by atoms with Crippen LogP contribution in [0, 0.1) is 13.8 Å². The van der Waals surface area contributed by atoms with Gasteiger partial charge in [-0.15, -0.1) is 0 Å². The molecule has 0 saturated carbocycles. The van der Waals surface area contributed by atoms with Crippen LogP contribution in [0.4, 0.5) is 5.82 Å². The van der Waals surface area contributed by atoms with Gasteiger partial charge in [0.25, 0.3) is 0 Å². The van der Waals surface area contributed by atoms with E-state index in [9.17, 15) is 0 Å². The molecule has 7 nitrogen and oxygen atoms in total. The van der Waals surface area contributed by atoms with Crippen LogP contribution in [0.1, 0.15) is 16.8 Å². The molecule has 0 amide bonds. The first-order chi connectivity index (χ1) is 14.1. The lowest BCUT2D eigenvalue weighted by molar-refractivity contribution is 0.355. The van der Waals surface area contributed by atoms with Crippen molar-refractivity contribution in [2.24, 2.45) is 0 Å². The largest absolute Gasteiger partial charge is 0.493 e. The minimum atomic E-state index is 0.650. The fourth-order valence-corrected chi connectivity index (χ4v) is 3.32. The highest BCUT2D eigenvalue weighted by molar-refractivity contribution is 5.73. The van der Waals surface area contributed by atoms with Crippen LogP contribution >= 0.6 is 0 Å². The van der Waals surface area contributed by atoms with Crippen molar-refractivity contribution >= 4 is 11.5 Å². The Morgan fingerprint density at radius 2 is 1.86 bits per heavy atom. The van der Waals surface area contributed by atoms with Crippen LogP contribution in [-0.2, 0) is 6.54 Å². The van der Waals surface area contributed by atoms with E-state index < -0.39 is 0 Å². The summed E-state index contributed by atoms with van der Waals surface area (Å²) in [6.07, 6.45) is 3.62. The molecule has 0 unspecified atom stereocenters. The molecule has 1 N–H and O–H groups in total. The van der Waals surface area contributed by atoms with Gasteiger partial charge in [0.15, 0.2) is 17.1 Å². The first kappa shape index (κ1) is 18.7. The molecular formula is C22H23N5O2. The average molecular weight is 389 g/mol. The van der Waals surface area contributed by atoms with E-state index in [1.807, 2.05) is 61.0 Å². The van der Waals surface area contributed by atoms with Crippen molar-refractivity contribution < 1.29 is 9.47 Å². The summed E-state index contributed by atoms with van der Waals surface area (Å²) >= 11 is 0. The van der Waals surface area contributed by atoms with Crippen LogP contribution in [0.2, 0.25) is 0 Å². The number of ether oxygens (including phenoxy) is 2. The van der Waals surface area contributed by atoms with E-state index in [2.05, 4.69) is 10.3 Å². The van der Waals surface area contributed by atoms with Gasteiger partial charge < -0.3 is 14.8 Å². The van der Waals surface area contributed by atoms with Crippen molar-refractivity contribution in [2.45, 2.75) is 20.4 Å². The Bertz CT molecular complexity index is 1160. The Hall–Kier alpha value is -3.61. The molecule has 0 spiro atoms. The van der Waals surface area contributed by atoms with Gasteiger partial charge in [0.1, 0.15) is 5.82 Å². The molecule has 0 aliphatic rings. The van der Waals surface area contributed by atoms with Crippen LogP contribution < -0.4 is 14.8 Å². The zero-order valence-corrected chi connectivity index (χ0v) is 16.9. The van der Waals surface area contributed by atoms with Crippen molar-refractivity contribution in [3.8, 4) is 22.8 Å².